The highest BCUT2D eigenvalue weighted by Crippen LogP contribution is 1.86. The maximum absolute atomic E-state index is 10.7. The van der Waals surface area contributed by atoms with Gasteiger partial charge in [0.1, 0.15) is 0 Å². The third-order valence-corrected chi connectivity index (χ3v) is 1.20. The van der Waals surface area contributed by atoms with E-state index in [0.717, 1.165) is 6.54 Å². The largest absolute Gasteiger partial charge is 0.346 e. The summed E-state index contributed by atoms with van der Waals surface area (Å²) in [6.45, 7) is 8.65. The molecule has 0 radical (unpaired) electrons. The summed E-state index contributed by atoms with van der Waals surface area (Å²) in [6.07, 6.45) is 0.615. The second kappa shape index (κ2) is 8.47. The van der Waals surface area contributed by atoms with E-state index in [9.17, 15) is 4.79 Å². The first-order chi connectivity index (χ1) is 4.72. The van der Waals surface area contributed by atoms with Crippen LogP contribution in [0.1, 0.15) is 34.1 Å². The molecule has 0 N–H and O–H groups in total. The molecule has 0 unspecified atom stereocenters. The molecular formula is C8H19NO. The number of nitrogens with zero attached hydrogens (tertiary/aromatic N) is 1. The van der Waals surface area contributed by atoms with Crippen LogP contribution in [0.5, 0.6) is 0 Å². The van der Waals surface area contributed by atoms with E-state index < -0.39 is 0 Å². The molecule has 0 fully saturated rings. The Morgan fingerprint density at radius 3 is 1.80 bits per heavy atom. The second-order valence-electron chi connectivity index (χ2n) is 1.76. The lowest BCUT2D eigenvalue weighted by atomic mass is 10.4. The summed E-state index contributed by atoms with van der Waals surface area (Å²) in [5.41, 5.74) is 0. The van der Waals surface area contributed by atoms with Crippen LogP contribution in [0, 0.1) is 0 Å². The summed E-state index contributed by atoms with van der Waals surface area (Å²) in [4.78, 5) is 12.4. The number of hydrogen-bond acceptors (Lipinski definition) is 1. The topological polar surface area (TPSA) is 20.3 Å². The smallest absolute Gasteiger partial charge is 0.222 e. The molecule has 0 bridgehead atoms. The SMILES string of the molecule is CC.CCC(=O)N(C)CC. The van der Waals surface area contributed by atoms with Gasteiger partial charge in [-0.25, -0.2) is 0 Å². The fraction of sp³-hybridized carbons (Fsp3) is 0.875. The van der Waals surface area contributed by atoms with Gasteiger partial charge < -0.3 is 4.90 Å². The Morgan fingerprint density at radius 2 is 1.70 bits per heavy atom. The molecule has 0 aliphatic rings. The van der Waals surface area contributed by atoms with Crippen molar-refractivity contribution in [2.45, 2.75) is 34.1 Å². The van der Waals surface area contributed by atoms with Gasteiger partial charge in [0.15, 0.2) is 0 Å². The van der Waals surface area contributed by atoms with E-state index >= 15 is 0 Å². The highest BCUT2D eigenvalue weighted by Gasteiger charge is 1.99. The van der Waals surface area contributed by atoms with Gasteiger partial charge in [0.2, 0.25) is 5.91 Å². The minimum atomic E-state index is 0.215. The first-order valence-corrected chi connectivity index (χ1v) is 3.96. The van der Waals surface area contributed by atoms with Gasteiger partial charge in [-0.15, -0.1) is 0 Å². The van der Waals surface area contributed by atoms with Crippen molar-refractivity contribution in [3.8, 4) is 0 Å². The third kappa shape index (κ3) is 5.60. The number of hydrogen-bond donors (Lipinski definition) is 0. The predicted octanol–water partition coefficient (Wildman–Crippen LogP) is 1.90. The van der Waals surface area contributed by atoms with Crippen molar-refractivity contribution >= 4 is 5.91 Å². The molecule has 0 atom stereocenters. The van der Waals surface area contributed by atoms with Gasteiger partial charge in [0.05, 0.1) is 0 Å². The van der Waals surface area contributed by atoms with Crippen molar-refractivity contribution in [1.82, 2.24) is 4.90 Å². The van der Waals surface area contributed by atoms with Crippen LogP contribution in [-0.4, -0.2) is 24.4 Å². The van der Waals surface area contributed by atoms with Crippen LogP contribution in [0.15, 0.2) is 0 Å². The molecule has 1 amide bonds. The van der Waals surface area contributed by atoms with Crippen LogP contribution in [0.4, 0.5) is 0 Å². The van der Waals surface area contributed by atoms with Crippen LogP contribution in [0.2, 0.25) is 0 Å². The average Bonchev–Trinajstić information content (AvgIpc) is 2.05. The molecule has 0 aromatic rings. The van der Waals surface area contributed by atoms with Gasteiger partial charge in [-0.2, -0.15) is 0 Å². The minimum Gasteiger partial charge on any atom is -0.346 e. The first kappa shape index (κ1) is 12.2. The fourth-order valence-electron chi connectivity index (χ4n) is 0.446. The van der Waals surface area contributed by atoms with Gasteiger partial charge in [0.25, 0.3) is 0 Å². The van der Waals surface area contributed by atoms with E-state index in [1.54, 1.807) is 4.90 Å². The zero-order valence-electron chi connectivity index (χ0n) is 7.77. The van der Waals surface area contributed by atoms with Crippen molar-refractivity contribution in [1.29, 1.82) is 0 Å². The Kier molecular flexibility index (Phi) is 10.3. The fourth-order valence-corrected chi connectivity index (χ4v) is 0.446. The van der Waals surface area contributed by atoms with Gasteiger partial charge in [-0.3, -0.25) is 4.79 Å². The van der Waals surface area contributed by atoms with E-state index in [2.05, 4.69) is 0 Å². The van der Waals surface area contributed by atoms with Crippen molar-refractivity contribution in [2.75, 3.05) is 13.6 Å². The number of amides is 1. The van der Waals surface area contributed by atoms with Crippen LogP contribution in [0.25, 0.3) is 0 Å². The van der Waals surface area contributed by atoms with Crippen LogP contribution < -0.4 is 0 Å². The molecule has 0 heterocycles. The average molecular weight is 145 g/mol. The summed E-state index contributed by atoms with van der Waals surface area (Å²) >= 11 is 0. The van der Waals surface area contributed by atoms with Crippen molar-refractivity contribution in [3.63, 3.8) is 0 Å². The zero-order chi connectivity index (χ0) is 8.57. The minimum absolute atomic E-state index is 0.215. The van der Waals surface area contributed by atoms with E-state index in [4.69, 9.17) is 0 Å². The summed E-state index contributed by atoms with van der Waals surface area (Å²) in [5.74, 6) is 0.215. The molecule has 0 aromatic heterocycles. The molecule has 0 aromatic carbocycles. The van der Waals surface area contributed by atoms with Gasteiger partial charge in [-0.1, -0.05) is 20.8 Å². The Balaban J connectivity index is 0. The maximum atomic E-state index is 10.7. The summed E-state index contributed by atoms with van der Waals surface area (Å²) < 4.78 is 0. The number of carbonyl (C=O) groups is 1. The van der Waals surface area contributed by atoms with Crippen LogP contribution in [0.3, 0.4) is 0 Å². The lowest BCUT2D eigenvalue weighted by molar-refractivity contribution is -0.129. The Hall–Kier alpha value is -0.530. The molecular weight excluding hydrogens is 126 g/mol. The van der Waals surface area contributed by atoms with Crippen molar-refractivity contribution in [3.05, 3.63) is 0 Å². The van der Waals surface area contributed by atoms with Crippen LogP contribution >= 0.6 is 0 Å². The molecule has 2 nitrogen and oxygen atoms in total. The zero-order valence-corrected chi connectivity index (χ0v) is 7.77. The Labute approximate surface area is 64.2 Å². The maximum Gasteiger partial charge on any atom is 0.222 e. The van der Waals surface area contributed by atoms with E-state index in [-0.39, 0.29) is 5.91 Å². The monoisotopic (exact) mass is 145 g/mol. The molecule has 0 saturated heterocycles. The van der Waals surface area contributed by atoms with E-state index in [0.29, 0.717) is 6.42 Å². The van der Waals surface area contributed by atoms with E-state index in [1.165, 1.54) is 0 Å². The molecule has 0 aliphatic heterocycles. The highest BCUT2D eigenvalue weighted by molar-refractivity contribution is 5.75. The summed E-state index contributed by atoms with van der Waals surface area (Å²) in [7, 11) is 1.81. The molecule has 0 spiro atoms. The van der Waals surface area contributed by atoms with Crippen LogP contribution in [-0.2, 0) is 4.79 Å². The molecule has 0 rings (SSSR count). The van der Waals surface area contributed by atoms with E-state index in [1.807, 2.05) is 34.7 Å². The van der Waals surface area contributed by atoms with Gasteiger partial charge in [0, 0.05) is 20.0 Å². The summed E-state index contributed by atoms with van der Waals surface area (Å²) in [6, 6.07) is 0. The quantitative estimate of drug-likeness (QED) is 0.581. The summed E-state index contributed by atoms with van der Waals surface area (Å²) in [5, 5.41) is 0. The number of carbonyl (C=O) groups excluding carboxylic acids is 1. The highest BCUT2D eigenvalue weighted by atomic mass is 16.2. The number of rotatable bonds is 2. The Bertz CT molecular complexity index is 81.3. The second-order valence-corrected chi connectivity index (χ2v) is 1.76. The Morgan fingerprint density at radius 1 is 1.30 bits per heavy atom. The predicted molar refractivity (Wildman–Crippen MR) is 45.0 cm³/mol. The molecule has 0 saturated carbocycles. The normalized spacial score (nSPS) is 7.70. The molecule has 62 valence electrons. The third-order valence-electron chi connectivity index (χ3n) is 1.20. The standard InChI is InChI=1S/C6H13NO.C2H6/c1-4-6(8)7(3)5-2;1-2/h4-5H2,1-3H3;1-2H3. The first-order valence-electron chi connectivity index (χ1n) is 3.96. The molecule has 2 heteroatoms. The lowest BCUT2D eigenvalue weighted by Crippen LogP contribution is -2.24. The lowest BCUT2D eigenvalue weighted by Gasteiger charge is -2.11. The molecule has 0 aliphatic carbocycles. The van der Waals surface area contributed by atoms with Crippen molar-refractivity contribution < 1.29 is 4.79 Å². The molecule has 10 heavy (non-hydrogen) atoms. The van der Waals surface area contributed by atoms with Crippen molar-refractivity contribution in [2.24, 2.45) is 0 Å². The van der Waals surface area contributed by atoms with Gasteiger partial charge >= 0.3 is 0 Å². The van der Waals surface area contributed by atoms with Gasteiger partial charge in [-0.05, 0) is 6.92 Å².